The van der Waals surface area contributed by atoms with Crippen LogP contribution in [0.4, 0.5) is 0 Å². The van der Waals surface area contributed by atoms with Crippen LogP contribution in [0.25, 0.3) is 0 Å². The molecule has 0 aromatic heterocycles. The molecule has 0 aliphatic rings. The number of aliphatic hydroxyl groups excluding tert-OH is 2. The van der Waals surface area contributed by atoms with Crippen LogP contribution in [0, 0.1) is 0 Å². The van der Waals surface area contributed by atoms with Crippen LogP contribution in [0.2, 0.25) is 0 Å². The molecule has 0 bridgehead atoms. The van der Waals surface area contributed by atoms with Gasteiger partial charge in [0.1, 0.15) is 12.7 Å². The average molecular weight is 250 g/mol. The second-order valence-corrected chi connectivity index (χ2v) is 3.49. The summed E-state index contributed by atoms with van der Waals surface area (Å²) in [5.74, 6) is 0. The van der Waals surface area contributed by atoms with Gasteiger partial charge in [-0.2, -0.15) is 0 Å². The minimum absolute atomic E-state index is 0.100. The molecule has 0 fully saturated rings. The van der Waals surface area contributed by atoms with Gasteiger partial charge in [-0.15, -0.1) is 0 Å². The Morgan fingerprint density at radius 2 is 1.50 bits per heavy atom. The van der Waals surface area contributed by atoms with Gasteiger partial charge in [-0.25, -0.2) is 0 Å². The maximum Gasteiger partial charge on any atom is 0.115 e. The molecule has 0 aliphatic heterocycles. The van der Waals surface area contributed by atoms with Gasteiger partial charge in [0.05, 0.1) is 12.9 Å². The minimum atomic E-state index is -0.820. The number of hydrogen-bond acceptors (Lipinski definition) is 3. The predicted octanol–water partition coefficient (Wildman–Crippen LogP) is 2.50. The summed E-state index contributed by atoms with van der Waals surface area (Å²) in [6.45, 7) is 1.91. The molecule has 0 rings (SSSR count). The Balaban J connectivity index is 3.64. The van der Waals surface area contributed by atoms with Crippen molar-refractivity contribution in [1.29, 1.82) is 0 Å². The summed E-state index contributed by atoms with van der Waals surface area (Å²) >= 11 is 0. The molecular formula is C15H22O3. The fourth-order valence-corrected chi connectivity index (χ4v) is 0.920. The fraction of sp³-hybridized carbons (Fsp3) is 0.333. The number of aliphatic hydroxyl groups is 2. The summed E-state index contributed by atoms with van der Waals surface area (Å²) in [4.78, 5) is 0. The molecule has 0 aromatic rings. The maximum atomic E-state index is 8.97. The molecule has 0 saturated heterocycles. The highest BCUT2D eigenvalue weighted by molar-refractivity contribution is 5.17. The standard InChI is InChI=1S/C15H22O3/c1-2-3-4-5-6-7-8-9-10-11-12-18-14-15(17)13-16/h3-12,15-17H,2,13-14H2,1H3/b4-3+,6-5+,8-7+,10-9+,12-11+. The van der Waals surface area contributed by atoms with Crippen LogP contribution in [-0.2, 0) is 4.74 Å². The summed E-state index contributed by atoms with van der Waals surface area (Å²) in [7, 11) is 0. The van der Waals surface area contributed by atoms with Crippen molar-refractivity contribution in [3.8, 4) is 0 Å². The van der Waals surface area contributed by atoms with E-state index >= 15 is 0 Å². The van der Waals surface area contributed by atoms with Crippen molar-refractivity contribution in [3.63, 3.8) is 0 Å². The quantitative estimate of drug-likeness (QED) is 0.488. The lowest BCUT2D eigenvalue weighted by molar-refractivity contribution is 0.0384. The van der Waals surface area contributed by atoms with Crippen LogP contribution >= 0.6 is 0 Å². The SMILES string of the molecule is CC/C=C/C=C/C=C/C=C/C=C/OCC(O)CO. The lowest BCUT2D eigenvalue weighted by Crippen LogP contribution is -2.17. The smallest absolute Gasteiger partial charge is 0.115 e. The minimum Gasteiger partial charge on any atom is -0.498 e. The van der Waals surface area contributed by atoms with Crippen molar-refractivity contribution < 1.29 is 14.9 Å². The molecule has 3 nitrogen and oxygen atoms in total. The Hall–Kier alpha value is -1.58. The van der Waals surface area contributed by atoms with E-state index in [1.165, 1.54) is 6.26 Å². The van der Waals surface area contributed by atoms with Crippen molar-refractivity contribution in [3.05, 3.63) is 60.9 Å². The number of allylic oxidation sites excluding steroid dienone is 9. The van der Waals surface area contributed by atoms with Crippen molar-refractivity contribution in [2.24, 2.45) is 0 Å². The van der Waals surface area contributed by atoms with E-state index in [0.29, 0.717) is 0 Å². The normalized spacial score (nSPS) is 14.8. The summed E-state index contributed by atoms with van der Waals surface area (Å²) in [5.41, 5.74) is 0. The van der Waals surface area contributed by atoms with Crippen molar-refractivity contribution in [2.45, 2.75) is 19.4 Å². The molecule has 2 N–H and O–H groups in total. The molecule has 0 radical (unpaired) electrons. The predicted molar refractivity (Wildman–Crippen MR) is 75.0 cm³/mol. The van der Waals surface area contributed by atoms with E-state index in [9.17, 15) is 0 Å². The Bertz CT molecular complexity index is 312. The second-order valence-electron chi connectivity index (χ2n) is 3.49. The van der Waals surface area contributed by atoms with Gasteiger partial charge in [-0.05, 0) is 12.5 Å². The van der Waals surface area contributed by atoms with Gasteiger partial charge in [-0.1, -0.05) is 55.5 Å². The van der Waals surface area contributed by atoms with E-state index < -0.39 is 6.10 Å². The third-order valence-corrected chi connectivity index (χ3v) is 1.82. The van der Waals surface area contributed by atoms with E-state index in [1.54, 1.807) is 6.08 Å². The summed E-state index contributed by atoms with van der Waals surface area (Å²) < 4.78 is 4.97. The molecule has 0 aromatic carbocycles. The molecule has 0 saturated carbocycles. The van der Waals surface area contributed by atoms with E-state index in [-0.39, 0.29) is 13.2 Å². The third kappa shape index (κ3) is 12.5. The van der Waals surface area contributed by atoms with E-state index in [1.807, 2.05) is 42.5 Å². The second kappa shape index (κ2) is 13.5. The molecule has 0 spiro atoms. The largest absolute Gasteiger partial charge is 0.498 e. The highest BCUT2D eigenvalue weighted by Crippen LogP contribution is 1.87. The summed E-state index contributed by atoms with van der Waals surface area (Å²) in [5, 5.41) is 17.5. The first-order chi connectivity index (χ1) is 8.81. The molecule has 0 heterocycles. The van der Waals surface area contributed by atoms with Gasteiger partial charge in [0.15, 0.2) is 0 Å². The first-order valence-electron chi connectivity index (χ1n) is 6.03. The third-order valence-electron chi connectivity index (χ3n) is 1.82. The lowest BCUT2D eigenvalue weighted by Gasteiger charge is -2.04. The topological polar surface area (TPSA) is 49.7 Å². The first kappa shape index (κ1) is 16.4. The van der Waals surface area contributed by atoms with Crippen molar-refractivity contribution in [2.75, 3.05) is 13.2 Å². The van der Waals surface area contributed by atoms with Crippen LogP contribution in [0.5, 0.6) is 0 Å². The first-order valence-corrected chi connectivity index (χ1v) is 6.03. The van der Waals surface area contributed by atoms with Crippen LogP contribution in [0.3, 0.4) is 0 Å². The van der Waals surface area contributed by atoms with Gasteiger partial charge in [-0.3, -0.25) is 0 Å². The van der Waals surface area contributed by atoms with Crippen LogP contribution < -0.4 is 0 Å². The Morgan fingerprint density at radius 1 is 0.944 bits per heavy atom. The van der Waals surface area contributed by atoms with Gasteiger partial charge in [0.25, 0.3) is 0 Å². The number of hydrogen-bond donors (Lipinski definition) is 2. The number of ether oxygens (including phenoxy) is 1. The van der Waals surface area contributed by atoms with Gasteiger partial charge in [0, 0.05) is 0 Å². The Kier molecular flexibility index (Phi) is 12.3. The van der Waals surface area contributed by atoms with E-state index in [2.05, 4.69) is 13.0 Å². The van der Waals surface area contributed by atoms with Gasteiger partial charge >= 0.3 is 0 Å². The molecule has 1 unspecified atom stereocenters. The molecule has 100 valence electrons. The van der Waals surface area contributed by atoms with Crippen LogP contribution in [0.15, 0.2) is 60.9 Å². The van der Waals surface area contributed by atoms with Gasteiger partial charge < -0.3 is 14.9 Å². The maximum absolute atomic E-state index is 8.97. The monoisotopic (exact) mass is 250 g/mol. The molecule has 0 amide bonds. The Morgan fingerprint density at radius 3 is 2.06 bits per heavy atom. The molecule has 3 heteroatoms. The summed E-state index contributed by atoms with van der Waals surface area (Å²) in [6, 6.07) is 0. The highest BCUT2D eigenvalue weighted by atomic mass is 16.5. The van der Waals surface area contributed by atoms with Crippen LogP contribution in [-0.4, -0.2) is 29.5 Å². The molecule has 0 aliphatic carbocycles. The van der Waals surface area contributed by atoms with Crippen molar-refractivity contribution >= 4 is 0 Å². The highest BCUT2D eigenvalue weighted by Gasteiger charge is 1.98. The van der Waals surface area contributed by atoms with E-state index in [0.717, 1.165) is 6.42 Å². The average Bonchev–Trinajstić information content (AvgIpc) is 2.39. The van der Waals surface area contributed by atoms with E-state index in [4.69, 9.17) is 14.9 Å². The Labute approximate surface area is 109 Å². The molecule has 18 heavy (non-hydrogen) atoms. The zero-order valence-electron chi connectivity index (χ0n) is 10.8. The molecule has 1 atom stereocenters. The summed E-state index contributed by atoms with van der Waals surface area (Å²) in [6.07, 6.45) is 19.0. The fourth-order valence-electron chi connectivity index (χ4n) is 0.920. The van der Waals surface area contributed by atoms with Crippen molar-refractivity contribution in [1.82, 2.24) is 0 Å². The number of rotatable bonds is 9. The zero-order valence-corrected chi connectivity index (χ0v) is 10.8. The lowest BCUT2D eigenvalue weighted by atomic mass is 10.3. The zero-order chi connectivity index (χ0) is 13.5. The molecular weight excluding hydrogens is 228 g/mol. The van der Waals surface area contributed by atoms with Gasteiger partial charge in [0.2, 0.25) is 0 Å². The van der Waals surface area contributed by atoms with Crippen LogP contribution in [0.1, 0.15) is 13.3 Å².